The van der Waals surface area contributed by atoms with E-state index in [0.29, 0.717) is 34.7 Å². The van der Waals surface area contributed by atoms with Gasteiger partial charge in [0.25, 0.3) is 0 Å². The lowest BCUT2D eigenvalue weighted by atomic mass is 10.1. The van der Waals surface area contributed by atoms with Gasteiger partial charge in [0.1, 0.15) is 6.61 Å². The monoisotopic (exact) mass is 449 g/mol. The molecule has 0 aliphatic carbocycles. The predicted molar refractivity (Wildman–Crippen MR) is 121 cm³/mol. The van der Waals surface area contributed by atoms with Crippen LogP contribution in [0.15, 0.2) is 60.7 Å². The van der Waals surface area contributed by atoms with Gasteiger partial charge < -0.3 is 14.8 Å². The molecule has 3 rings (SSSR count). The van der Waals surface area contributed by atoms with Gasteiger partial charge in [-0.05, 0) is 54.4 Å². The maximum absolute atomic E-state index is 6.46. The van der Waals surface area contributed by atoms with Crippen molar-refractivity contribution in [1.29, 1.82) is 0 Å². The molecular formula is C23H22Cl3NO2. The zero-order valence-corrected chi connectivity index (χ0v) is 18.3. The van der Waals surface area contributed by atoms with E-state index in [1.165, 1.54) is 5.56 Å². The van der Waals surface area contributed by atoms with Gasteiger partial charge in [0.05, 0.1) is 12.1 Å². The molecule has 0 bridgehead atoms. The molecule has 0 radical (unpaired) electrons. The molecule has 0 aliphatic heterocycles. The third-order valence-corrected chi connectivity index (χ3v) is 5.35. The van der Waals surface area contributed by atoms with E-state index in [1.807, 2.05) is 60.7 Å². The number of halogens is 3. The third kappa shape index (κ3) is 6.28. The molecule has 0 saturated heterocycles. The van der Waals surface area contributed by atoms with Gasteiger partial charge >= 0.3 is 0 Å². The van der Waals surface area contributed by atoms with Gasteiger partial charge in [0.15, 0.2) is 11.5 Å². The normalized spacial score (nSPS) is 10.8. The number of nitrogens with one attached hydrogen (secondary N) is 1. The number of hydrogen-bond acceptors (Lipinski definition) is 3. The summed E-state index contributed by atoms with van der Waals surface area (Å²) in [6.45, 7) is 1.83. The van der Waals surface area contributed by atoms with E-state index in [4.69, 9.17) is 44.3 Å². The van der Waals surface area contributed by atoms with Crippen molar-refractivity contribution in [2.75, 3.05) is 13.7 Å². The molecular weight excluding hydrogens is 429 g/mol. The Morgan fingerprint density at radius 1 is 0.862 bits per heavy atom. The van der Waals surface area contributed by atoms with Crippen LogP contribution in [-0.4, -0.2) is 13.7 Å². The first kappa shape index (κ1) is 21.8. The first-order valence-corrected chi connectivity index (χ1v) is 10.4. The Bertz CT molecular complexity index is 945. The van der Waals surface area contributed by atoms with Crippen molar-refractivity contribution in [3.8, 4) is 11.5 Å². The smallest absolute Gasteiger partial charge is 0.180 e. The molecule has 0 heterocycles. The Morgan fingerprint density at radius 2 is 1.62 bits per heavy atom. The van der Waals surface area contributed by atoms with Crippen molar-refractivity contribution < 1.29 is 9.47 Å². The van der Waals surface area contributed by atoms with Crippen molar-refractivity contribution in [2.45, 2.75) is 19.6 Å². The van der Waals surface area contributed by atoms with Gasteiger partial charge in [-0.2, -0.15) is 0 Å². The van der Waals surface area contributed by atoms with Gasteiger partial charge in [-0.15, -0.1) is 0 Å². The van der Waals surface area contributed by atoms with Gasteiger partial charge in [0, 0.05) is 22.2 Å². The maximum Gasteiger partial charge on any atom is 0.180 e. The van der Waals surface area contributed by atoms with Crippen molar-refractivity contribution in [3.63, 3.8) is 0 Å². The van der Waals surface area contributed by atoms with Crippen molar-refractivity contribution in [2.24, 2.45) is 0 Å². The van der Waals surface area contributed by atoms with E-state index in [1.54, 1.807) is 7.11 Å². The van der Waals surface area contributed by atoms with E-state index < -0.39 is 0 Å². The number of ether oxygens (including phenoxy) is 2. The summed E-state index contributed by atoms with van der Waals surface area (Å²) in [5.41, 5.74) is 3.15. The van der Waals surface area contributed by atoms with Crippen LogP contribution in [0.2, 0.25) is 15.1 Å². The molecule has 29 heavy (non-hydrogen) atoms. The molecule has 0 atom stereocenters. The van der Waals surface area contributed by atoms with Crippen LogP contribution < -0.4 is 14.8 Å². The van der Waals surface area contributed by atoms with E-state index in [2.05, 4.69) is 5.32 Å². The lowest BCUT2D eigenvalue weighted by Gasteiger charge is -2.15. The van der Waals surface area contributed by atoms with Crippen LogP contribution in [0.3, 0.4) is 0 Å². The quantitative estimate of drug-likeness (QED) is 0.374. The van der Waals surface area contributed by atoms with E-state index in [-0.39, 0.29) is 0 Å². The molecule has 152 valence electrons. The molecule has 0 fully saturated rings. The highest BCUT2D eigenvalue weighted by molar-refractivity contribution is 6.32. The first-order chi connectivity index (χ1) is 14.1. The molecule has 0 aromatic heterocycles. The van der Waals surface area contributed by atoms with Crippen LogP contribution in [0.25, 0.3) is 0 Å². The fourth-order valence-corrected chi connectivity index (χ4v) is 3.50. The third-order valence-electron chi connectivity index (χ3n) is 4.45. The summed E-state index contributed by atoms with van der Waals surface area (Å²) in [7, 11) is 1.60. The van der Waals surface area contributed by atoms with Gasteiger partial charge in [-0.1, -0.05) is 65.1 Å². The van der Waals surface area contributed by atoms with Crippen molar-refractivity contribution >= 4 is 34.8 Å². The maximum atomic E-state index is 6.46. The number of benzene rings is 3. The van der Waals surface area contributed by atoms with Crippen LogP contribution in [0.5, 0.6) is 11.5 Å². The largest absolute Gasteiger partial charge is 0.493 e. The highest BCUT2D eigenvalue weighted by Crippen LogP contribution is 2.37. The molecule has 0 amide bonds. The lowest BCUT2D eigenvalue weighted by molar-refractivity contribution is 0.284. The second kappa shape index (κ2) is 10.7. The molecule has 3 nitrogen and oxygen atoms in total. The molecule has 0 saturated carbocycles. The minimum atomic E-state index is 0.314. The van der Waals surface area contributed by atoms with E-state index >= 15 is 0 Å². The molecule has 1 N–H and O–H groups in total. The van der Waals surface area contributed by atoms with Gasteiger partial charge in [0.2, 0.25) is 0 Å². The standard InChI is InChI=1S/C23H22Cl3NO2/c1-28-22-13-17(14-27-11-10-16-6-8-19(24)9-7-16)12-21(26)23(22)29-15-18-4-2-3-5-20(18)25/h2-9,12-13,27H,10-11,14-15H2,1H3. The fraction of sp³-hybridized carbons (Fsp3) is 0.217. The fourth-order valence-electron chi connectivity index (χ4n) is 2.90. The Morgan fingerprint density at radius 3 is 2.34 bits per heavy atom. The van der Waals surface area contributed by atoms with Crippen LogP contribution in [0.4, 0.5) is 0 Å². The molecule has 0 aliphatic rings. The summed E-state index contributed by atoms with van der Waals surface area (Å²) >= 11 is 18.6. The summed E-state index contributed by atoms with van der Waals surface area (Å²) in [6.07, 6.45) is 0.918. The van der Waals surface area contributed by atoms with Gasteiger partial charge in [-0.3, -0.25) is 0 Å². The van der Waals surface area contributed by atoms with Crippen molar-refractivity contribution in [3.05, 3.63) is 92.4 Å². The molecule has 6 heteroatoms. The van der Waals surface area contributed by atoms with E-state index in [0.717, 1.165) is 29.1 Å². The zero-order valence-electron chi connectivity index (χ0n) is 16.1. The number of methoxy groups -OCH3 is 1. The summed E-state index contributed by atoms with van der Waals surface area (Å²) in [6, 6.07) is 19.3. The highest BCUT2D eigenvalue weighted by Gasteiger charge is 2.13. The molecule has 0 unspecified atom stereocenters. The highest BCUT2D eigenvalue weighted by atomic mass is 35.5. The minimum absolute atomic E-state index is 0.314. The van der Waals surface area contributed by atoms with Crippen molar-refractivity contribution in [1.82, 2.24) is 5.32 Å². The number of hydrogen-bond donors (Lipinski definition) is 1. The van der Waals surface area contributed by atoms with Crippen LogP contribution in [0.1, 0.15) is 16.7 Å². The second-order valence-electron chi connectivity index (χ2n) is 6.54. The average molecular weight is 451 g/mol. The summed E-state index contributed by atoms with van der Waals surface area (Å²) in [4.78, 5) is 0. The predicted octanol–water partition coefficient (Wildman–Crippen LogP) is 6.57. The minimum Gasteiger partial charge on any atom is -0.493 e. The summed E-state index contributed by atoms with van der Waals surface area (Å²) in [5.74, 6) is 1.11. The Hall–Kier alpha value is -1.91. The molecule has 3 aromatic rings. The first-order valence-electron chi connectivity index (χ1n) is 9.24. The summed E-state index contributed by atoms with van der Waals surface area (Å²) in [5, 5.41) is 5.33. The average Bonchev–Trinajstić information content (AvgIpc) is 2.72. The number of rotatable bonds is 9. The summed E-state index contributed by atoms with van der Waals surface area (Å²) < 4.78 is 11.4. The molecule has 0 spiro atoms. The van der Waals surface area contributed by atoms with E-state index in [9.17, 15) is 0 Å². The Labute approximate surface area is 186 Å². The Kier molecular flexibility index (Phi) is 8.08. The second-order valence-corrected chi connectivity index (χ2v) is 7.79. The van der Waals surface area contributed by atoms with Crippen LogP contribution >= 0.6 is 34.8 Å². The SMILES string of the molecule is COc1cc(CNCCc2ccc(Cl)cc2)cc(Cl)c1OCc1ccccc1Cl. The van der Waals surface area contributed by atoms with Crippen LogP contribution in [-0.2, 0) is 19.6 Å². The topological polar surface area (TPSA) is 30.5 Å². The Balaban J connectivity index is 1.58. The molecule has 3 aromatic carbocycles. The van der Waals surface area contributed by atoms with Gasteiger partial charge in [-0.25, -0.2) is 0 Å². The zero-order chi connectivity index (χ0) is 20.6. The lowest BCUT2D eigenvalue weighted by Crippen LogP contribution is -2.16. The van der Waals surface area contributed by atoms with Crippen LogP contribution in [0, 0.1) is 0 Å².